The molecular weight excluding hydrogens is 305 g/mol. The summed E-state index contributed by atoms with van der Waals surface area (Å²) in [7, 11) is 4.03. The molecule has 1 heterocycles. The highest BCUT2D eigenvalue weighted by atomic mass is 35.5. The fourth-order valence-electron chi connectivity index (χ4n) is 2.77. The highest BCUT2D eigenvalue weighted by Gasteiger charge is 2.18. The van der Waals surface area contributed by atoms with Gasteiger partial charge >= 0.3 is 0 Å². The van der Waals surface area contributed by atoms with Gasteiger partial charge in [-0.25, -0.2) is 4.39 Å². The number of hydrogen-bond donors (Lipinski definition) is 1. The van der Waals surface area contributed by atoms with Crippen molar-refractivity contribution < 1.29 is 9.50 Å². The second-order valence-electron chi connectivity index (χ2n) is 6.19. The Morgan fingerprint density at radius 1 is 1.32 bits per heavy atom. The molecule has 0 spiro atoms. The third kappa shape index (κ3) is 5.48. The van der Waals surface area contributed by atoms with Crippen molar-refractivity contribution in [3.05, 3.63) is 34.6 Å². The lowest BCUT2D eigenvalue weighted by molar-refractivity contribution is 0.0594. The predicted octanol–water partition coefficient (Wildman–Crippen LogP) is 1.52. The summed E-state index contributed by atoms with van der Waals surface area (Å²) in [6, 6.07) is 4.38. The van der Waals surface area contributed by atoms with Crippen molar-refractivity contribution in [2.45, 2.75) is 12.6 Å². The van der Waals surface area contributed by atoms with Crippen molar-refractivity contribution in [3.63, 3.8) is 0 Å². The zero-order valence-electron chi connectivity index (χ0n) is 13.3. The first-order valence-electron chi connectivity index (χ1n) is 7.65. The maximum Gasteiger partial charge on any atom is 0.123 e. The summed E-state index contributed by atoms with van der Waals surface area (Å²) in [5.74, 6) is -0.286. The molecule has 1 N–H and O–H groups in total. The second kappa shape index (κ2) is 8.22. The first kappa shape index (κ1) is 17.6. The molecule has 22 heavy (non-hydrogen) atoms. The molecule has 1 aromatic carbocycles. The molecule has 1 aromatic rings. The Morgan fingerprint density at radius 3 is 2.68 bits per heavy atom. The van der Waals surface area contributed by atoms with E-state index >= 15 is 0 Å². The first-order valence-corrected chi connectivity index (χ1v) is 8.03. The van der Waals surface area contributed by atoms with Crippen LogP contribution in [0.3, 0.4) is 0 Å². The standard InChI is InChI=1S/C16H25ClFN3O/c1-19-5-7-21(8-6-19)12-15(22)11-20(2)10-13-9-14(18)3-4-16(13)17/h3-4,9,15,22H,5-8,10-12H2,1-2H3/t15-/m0/s1. The smallest absolute Gasteiger partial charge is 0.123 e. The number of nitrogens with zero attached hydrogens (tertiary/aromatic N) is 3. The van der Waals surface area contributed by atoms with Gasteiger partial charge in [-0.2, -0.15) is 0 Å². The summed E-state index contributed by atoms with van der Waals surface area (Å²) < 4.78 is 13.3. The number of benzene rings is 1. The molecule has 0 radical (unpaired) electrons. The lowest BCUT2D eigenvalue weighted by Crippen LogP contribution is -2.48. The van der Waals surface area contributed by atoms with Gasteiger partial charge in [0.2, 0.25) is 0 Å². The van der Waals surface area contributed by atoms with Crippen molar-refractivity contribution >= 4 is 11.6 Å². The van der Waals surface area contributed by atoms with E-state index in [1.54, 1.807) is 6.07 Å². The Balaban J connectivity index is 1.78. The van der Waals surface area contributed by atoms with E-state index in [2.05, 4.69) is 16.8 Å². The van der Waals surface area contributed by atoms with Crippen molar-refractivity contribution in [3.8, 4) is 0 Å². The minimum Gasteiger partial charge on any atom is -0.390 e. The van der Waals surface area contributed by atoms with Gasteiger partial charge in [0.05, 0.1) is 6.10 Å². The maximum atomic E-state index is 13.3. The Labute approximate surface area is 137 Å². The van der Waals surface area contributed by atoms with Crippen LogP contribution in [0.2, 0.25) is 5.02 Å². The van der Waals surface area contributed by atoms with Crippen LogP contribution in [0.1, 0.15) is 5.56 Å². The minimum absolute atomic E-state index is 0.286. The molecule has 0 amide bonds. The fourth-order valence-corrected chi connectivity index (χ4v) is 2.94. The minimum atomic E-state index is -0.416. The van der Waals surface area contributed by atoms with E-state index in [9.17, 15) is 9.50 Å². The third-order valence-corrected chi connectivity index (χ3v) is 4.40. The molecule has 4 nitrogen and oxygen atoms in total. The van der Waals surface area contributed by atoms with Gasteiger partial charge in [-0.15, -0.1) is 0 Å². The number of rotatable bonds is 6. The van der Waals surface area contributed by atoms with E-state index in [0.29, 0.717) is 24.7 Å². The van der Waals surface area contributed by atoms with Crippen LogP contribution in [-0.2, 0) is 6.54 Å². The zero-order chi connectivity index (χ0) is 16.1. The van der Waals surface area contributed by atoms with E-state index < -0.39 is 6.10 Å². The molecule has 1 fully saturated rings. The molecule has 1 saturated heterocycles. The molecular formula is C16H25ClFN3O. The maximum absolute atomic E-state index is 13.3. The topological polar surface area (TPSA) is 30.0 Å². The van der Waals surface area contributed by atoms with Crippen LogP contribution in [0.4, 0.5) is 4.39 Å². The molecule has 0 aromatic heterocycles. The van der Waals surface area contributed by atoms with Gasteiger partial charge in [0.1, 0.15) is 5.82 Å². The highest BCUT2D eigenvalue weighted by Crippen LogP contribution is 2.18. The van der Waals surface area contributed by atoms with Crippen LogP contribution in [0.5, 0.6) is 0 Å². The first-order chi connectivity index (χ1) is 10.4. The molecule has 2 rings (SSSR count). The van der Waals surface area contributed by atoms with Crippen molar-refractivity contribution in [2.75, 3.05) is 53.4 Å². The van der Waals surface area contributed by atoms with Crippen molar-refractivity contribution in [1.29, 1.82) is 0 Å². The monoisotopic (exact) mass is 329 g/mol. The number of halogens is 2. The van der Waals surface area contributed by atoms with Gasteiger partial charge in [-0.1, -0.05) is 11.6 Å². The molecule has 1 atom stereocenters. The summed E-state index contributed by atoms with van der Waals surface area (Å²) in [5.41, 5.74) is 0.746. The lowest BCUT2D eigenvalue weighted by Gasteiger charge is -2.34. The normalized spacial score (nSPS) is 18.8. The van der Waals surface area contributed by atoms with Gasteiger partial charge in [0.25, 0.3) is 0 Å². The van der Waals surface area contributed by atoms with E-state index in [1.807, 2.05) is 11.9 Å². The van der Waals surface area contributed by atoms with Gasteiger partial charge in [-0.05, 0) is 37.9 Å². The SMILES string of the molecule is CN1CCN(C[C@@H](O)CN(C)Cc2cc(F)ccc2Cl)CC1. The fraction of sp³-hybridized carbons (Fsp3) is 0.625. The molecule has 0 unspecified atom stereocenters. The third-order valence-electron chi connectivity index (χ3n) is 4.04. The highest BCUT2D eigenvalue weighted by molar-refractivity contribution is 6.31. The lowest BCUT2D eigenvalue weighted by atomic mass is 10.2. The Bertz CT molecular complexity index is 480. The average Bonchev–Trinajstić information content (AvgIpc) is 2.45. The predicted molar refractivity (Wildman–Crippen MR) is 87.7 cm³/mol. The van der Waals surface area contributed by atoms with Crippen molar-refractivity contribution in [2.24, 2.45) is 0 Å². The van der Waals surface area contributed by atoms with E-state index in [0.717, 1.165) is 31.7 Å². The number of likely N-dealkylation sites (N-methyl/N-ethyl adjacent to an activating group) is 2. The summed E-state index contributed by atoms with van der Waals surface area (Å²) >= 11 is 6.08. The quantitative estimate of drug-likeness (QED) is 0.857. The summed E-state index contributed by atoms with van der Waals surface area (Å²) in [4.78, 5) is 6.55. The second-order valence-corrected chi connectivity index (χ2v) is 6.60. The van der Waals surface area contributed by atoms with Crippen LogP contribution in [0.15, 0.2) is 18.2 Å². The molecule has 6 heteroatoms. The number of aliphatic hydroxyl groups excluding tert-OH is 1. The molecule has 0 saturated carbocycles. The summed E-state index contributed by atoms with van der Waals surface area (Å²) in [5, 5.41) is 10.8. The van der Waals surface area contributed by atoms with Crippen LogP contribution >= 0.6 is 11.6 Å². The number of piperazine rings is 1. The zero-order valence-corrected chi connectivity index (χ0v) is 14.1. The average molecular weight is 330 g/mol. The molecule has 0 bridgehead atoms. The summed E-state index contributed by atoms with van der Waals surface area (Å²) in [6.45, 7) is 5.81. The van der Waals surface area contributed by atoms with Crippen molar-refractivity contribution in [1.82, 2.24) is 14.7 Å². The molecule has 124 valence electrons. The Kier molecular flexibility index (Phi) is 6.59. The van der Waals surface area contributed by atoms with Crippen LogP contribution in [-0.4, -0.2) is 79.3 Å². The summed E-state index contributed by atoms with van der Waals surface area (Å²) in [6.07, 6.45) is -0.416. The van der Waals surface area contributed by atoms with Crippen LogP contribution in [0, 0.1) is 5.82 Å². The molecule has 0 aliphatic carbocycles. The largest absolute Gasteiger partial charge is 0.390 e. The van der Waals surface area contributed by atoms with Crippen LogP contribution < -0.4 is 0 Å². The van der Waals surface area contributed by atoms with Crippen LogP contribution in [0.25, 0.3) is 0 Å². The number of β-amino-alcohol motifs (C(OH)–C–C–N with tert-alkyl or cyclic N) is 1. The van der Waals surface area contributed by atoms with Gasteiger partial charge in [0, 0.05) is 50.8 Å². The van der Waals surface area contributed by atoms with Gasteiger partial charge in [-0.3, -0.25) is 9.80 Å². The van der Waals surface area contributed by atoms with Gasteiger partial charge < -0.3 is 10.0 Å². The number of aliphatic hydroxyl groups is 1. The van der Waals surface area contributed by atoms with Gasteiger partial charge in [0.15, 0.2) is 0 Å². The van der Waals surface area contributed by atoms with E-state index in [-0.39, 0.29) is 5.82 Å². The van der Waals surface area contributed by atoms with E-state index in [1.165, 1.54) is 12.1 Å². The Morgan fingerprint density at radius 2 is 2.00 bits per heavy atom. The Hall–Kier alpha value is -0.720. The number of hydrogen-bond acceptors (Lipinski definition) is 4. The molecule has 1 aliphatic rings. The molecule has 1 aliphatic heterocycles. The van der Waals surface area contributed by atoms with E-state index in [4.69, 9.17) is 11.6 Å².